The standard InChI is InChI=1S/C34H28BrFN2O3/c1-20(2)30-28(21-11-5-3-6-12-21)29(31(39)22-13-7-4-8-14-22)34(25-19-23(35)17-18-27(25)37-33(34)41)38(30)32(40)24-15-9-10-16-26(24)36/h3-20,28-30H,1-2H3,(H,37,41). The lowest BCUT2D eigenvalue weighted by atomic mass is 9.68. The van der Waals surface area contributed by atoms with Gasteiger partial charge in [-0.3, -0.25) is 14.4 Å². The Morgan fingerprint density at radius 2 is 1.54 bits per heavy atom. The number of ketones is 1. The minimum absolute atomic E-state index is 0.145. The largest absolute Gasteiger partial charge is 0.323 e. The van der Waals surface area contributed by atoms with Crippen molar-refractivity contribution in [1.29, 1.82) is 0 Å². The lowest BCUT2D eigenvalue weighted by Crippen LogP contribution is -2.57. The van der Waals surface area contributed by atoms with Crippen LogP contribution in [0.15, 0.2) is 108 Å². The van der Waals surface area contributed by atoms with Crippen LogP contribution in [0.25, 0.3) is 0 Å². The summed E-state index contributed by atoms with van der Waals surface area (Å²) in [7, 11) is 0. The van der Waals surface area contributed by atoms with Gasteiger partial charge in [0.25, 0.3) is 11.8 Å². The highest BCUT2D eigenvalue weighted by Crippen LogP contribution is 2.60. The van der Waals surface area contributed by atoms with Gasteiger partial charge in [-0.05, 0) is 41.8 Å². The van der Waals surface area contributed by atoms with Crippen molar-refractivity contribution in [3.05, 3.63) is 136 Å². The summed E-state index contributed by atoms with van der Waals surface area (Å²) in [5, 5.41) is 2.98. The van der Waals surface area contributed by atoms with Crippen LogP contribution in [0.4, 0.5) is 10.1 Å². The number of carbonyl (C=O) groups is 3. The summed E-state index contributed by atoms with van der Waals surface area (Å²) in [6.45, 7) is 3.94. The van der Waals surface area contributed by atoms with Crippen LogP contribution in [0.2, 0.25) is 0 Å². The van der Waals surface area contributed by atoms with Gasteiger partial charge in [-0.2, -0.15) is 0 Å². The maximum absolute atomic E-state index is 15.3. The molecule has 1 N–H and O–H groups in total. The zero-order valence-corrected chi connectivity index (χ0v) is 24.1. The fourth-order valence-electron chi connectivity index (χ4n) is 6.80. The van der Waals surface area contributed by atoms with E-state index in [4.69, 9.17) is 0 Å². The number of Topliss-reactive ketones (excluding diaryl/α,β-unsaturated/α-hetero) is 1. The zero-order valence-electron chi connectivity index (χ0n) is 22.6. The summed E-state index contributed by atoms with van der Waals surface area (Å²) in [5.41, 5.74) is 0.428. The molecule has 4 unspecified atom stereocenters. The van der Waals surface area contributed by atoms with Crippen molar-refractivity contribution in [1.82, 2.24) is 4.90 Å². The molecular formula is C34H28BrFN2O3. The van der Waals surface area contributed by atoms with E-state index in [9.17, 15) is 14.4 Å². The zero-order chi connectivity index (χ0) is 28.9. The molecule has 1 fully saturated rings. The van der Waals surface area contributed by atoms with Crippen molar-refractivity contribution >= 4 is 39.2 Å². The summed E-state index contributed by atoms with van der Waals surface area (Å²) >= 11 is 3.55. The Morgan fingerprint density at radius 1 is 0.902 bits per heavy atom. The number of carbonyl (C=O) groups excluding carboxylic acids is 3. The molecule has 0 radical (unpaired) electrons. The van der Waals surface area contributed by atoms with Crippen molar-refractivity contribution in [3.8, 4) is 0 Å². The molecule has 0 bridgehead atoms. The first-order chi connectivity index (χ1) is 19.8. The third-order valence-corrected chi connectivity index (χ3v) is 8.87. The molecule has 0 aromatic heterocycles. The van der Waals surface area contributed by atoms with Crippen LogP contribution in [-0.4, -0.2) is 28.5 Å². The Balaban J connectivity index is 1.73. The Hall–Kier alpha value is -4.10. The number of nitrogens with zero attached hydrogens (tertiary/aromatic N) is 1. The number of halogens is 2. The smallest absolute Gasteiger partial charge is 0.258 e. The van der Waals surface area contributed by atoms with E-state index in [2.05, 4.69) is 21.2 Å². The van der Waals surface area contributed by atoms with Gasteiger partial charge in [0.2, 0.25) is 0 Å². The van der Waals surface area contributed by atoms with E-state index >= 15 is 4.39 Å². The number of fused-ring (bicyclic) bond motifs is 2. The first-order valence-electron chi connectivity index (χ1n) is 13.6. The number of hydrogen-bond acceptors (Lipinski definition) is 3. The van der Waals surface area contributed by atoms with E-state index in [0.29, 0.717) is 21.3 Å². The molecule has 2 aliphatic heterocycles. The molecule has 2 amide bonds. The van der Waals surface area contributed by atoms with E-state index < -0.39 is 41.0 Å². The minimum Gasteiger partial charge on any atom is -0.323 e. The van der Waals surface area contributed by atoms with Gasteiger partial charge >= 0.3 is 0 Å². The Morgan fingerprint density at radius 3 is 2.20 bits per heavy atom. The predicted octanol–water partition coefficient (Wildman–Crippen LogP) is 7.20. The topological polar surface area (TPSA) is 66.5 Å². The fourth-order valence-corrected chi connectivity index (χ4v) is 7.16. The van der Waals surface area contributed by atoms with Gasteiger partial charge < -0.3 is 10.2 Å². The molecule has 0 saturated carbocycles. The van der Waals surface area contributed by atoms with E-state index in [0.717, 1.165) is 5.56 Å². The molecule has 4 aromatic rings. The molecular weight excluding hydrogens is 583 g/mol. The summed E-state index contributed by atoms with van der Waals surface area (Å²) in [5.74, 6) is -3.79. The molecule has 1 saturated heterocycles. The number of amides is 2. The summed E-state index contributed by atoms with van der Waals surface area (Å²) in [6.07, 6.45) is 0. The highest BCUT2D eigenvalue weighted by Gasteiger charge is 2.70. The second-order valence-corrected chi connectivity index (χ2v) is 11.9. The van der Waals surface area contributed by atoms with Crippen LogP contribution in [-0.2, 0) is 10.3 Å². The van der Waals surface area contributed by atoms with Gasteiger partial charge in [0.1, 0.15) is 5.82 Å². The number of likely N-dealkylation sites (tertiary alicyclic amines) is 1. The first kappa shape index (κ1) is 27.1. The van der Waals surface area contributed by atoms with Crippen LogP contribution >= 0.6 is 15.9 Å². The maximum Gasteiger partial charge on any atom is 0.258 e. The van der Waals surface area contributed by atoms with Gasteiger partial charge in [0, 0.05) is 33.2 Å². The normalized spacial score (nSPS) is 23.1. The molecule has 2 heterocycles. The van der Waals surface area contributed by atoms with E-state index in [1.54, 1.807) is 48.5 Å². The average Bonchev–Trinajstić information content (AvgIpc) is 3.46. The third kappa shape index (κ3) is 4.13. The second-order valence-electron chi connectivity index (χ2n) is 10.9. The first-order valence-corrected chi connectivity index (χ1v) is 14.4. The van der Waals surface area contributed by atoms with Crippen molar-refractivity contribution in [2.45, 2.75) is 31.3 Å². The number of rotatable bonds is 5. The summed E-state index contributed by atoms with van der Waals surface area (Å²) in [4.78, 5) is 45.5. The third-order valence-electron chi connectivity index (χ3n) is 8.37. The quantitative estimate of drug-likeness (QED) is 0.243. The average molecular weight is 612 g/mol. The van der Waals surface area contributed by atoms with Crippen molar-refractivity contribution in [2.75, 3.05) is 5.32 Å². The number of anilines is 1. The van der Waals surface area contributed by atoms with Crippen molar-refractivity contribution < 1.29 is 18.8 Å². The molecule has 4 aromatic carbocycles. The van der Waals surface area contributed by atoms with Gasteiger partial charge in [0.15, 0.2) is 11.3 Å². The molecule has 206 valence electrons. The minimum atomic E-state index is -1.74. The van der Waals surface area contributed by atoms with Gasteiger partial charge in [-0.15, -0.1) is 0 Å². The molecule has 2 aliphatic rings. The molecule has 1 spiro atoms. The number of hydrogen-bond donors (Lipinski definition) is 1. The number of benzene rings is 4. The van der Waals surface area contributed by atoms with Crippen molar-refractivity contribution in [2.24, 2.45) is 11.8 Å². The van der Waals surface area contributed by atoms with Crippen LogP contribution < -0.4 is 5.32 Å². The van der Waals surface area contributed by atoms with Gasteiger partial charge in [0.05, 0.1) is 11.5 Å². The van der Waals surface area contributed by atoms with Gasteiger partial charge in [-0.25, -0.2) is 4.39 Å². The maximum atomic E-state index is 15.3. The Labute approximate surface area is 246 Å². The highest BCUT2D eigenvalue weighted by molar-refractivity contribution is 9.10. The second kappa shape index (κ2) is 10.4. The lowest BCUT2D eigenvalue weighted by molar-refractivity contribution is -0.127. The van der Waals surface area contributed by atoms with Crippen LogP contribution in [0, 0.1) is 17.7 Å². The predicted molar refractivity (Wildman–Crippen MR) is 159 cm³/mol. The van der Waals surface area contributed by atoms with Crippen LogP contribution in [0.1, 0.15) is 51.6 Å². The van der Waals surface area contributed by atoms with E-state index in [1.807, 2.05) is 50.2 Å². The molecule has 4 atom stereocenters. The highest BCUT2D eigenvalue weighted by atomic mass is 79.9. The summed E-state index contributed by atoms with van der Waals surface area (Å²) < 4.78 is 16.0. The molecule has 5 nitrogen and oxygen atoms in total. The van der Waals surface area contributed by atoms with E-state index in [1.165, 1.54) is 23.1 Å². The van der Waals surface area contributed by atoms with Crippen molar-refractivity contribution in [3.63, 3.8) is 0 Å². The molecule has 7 heteroatoms. The summed E-state index contributed by atoms with van der Waals surface area (Å²) in [6, 6.07) is 29.0. The SMILES string of the molecule is CC(C)C1C(c2ccccc2)C(C(=O)c2ccccc2)C2(C(=O)Nc3ccc(Br)cc32)N1C(=O)c1ccccc1F. The monoisotopic (exact) mass is 610 g/mol. The number of nitrogens with one attached hydrogen (secondary N) is 1. The van der Waals surface area contributed by atoms with Crippen LogP contribution in [0.3, 0.4) is 0 Å². The fraction of sp³-hybridized carbons (Fsp3) is 0.206. The Bertz CT molecular complexity index is 1660. The van der Waals surface area contributed by atoms with E-state index in [-0.39, 0.29) is 17.3 Å². The lowest BCUT2D eigenvalue weighted by Gasteiger charge is -2.40. The molecule has 0 aliphatic carbocycles. The van der Waals surface area contributed by atoms with Gasteiger partial charge in [-0.1, -0.05) is 103 Å². The molecule has 6 rings (SSSR count). The Kier molecular flexibility index (Phi) is 6.86. The molecule has 41 heavy (non-hydrogen) atoms. The van der Waals surface area contributed by atoms with Crippen LogP contribution in [0.5, 0.6) is 0 Å².